The molecule has 2 aromatic rings. The largest absolute Gasteiger partial charge is 0.337 e. The van der Waals surface area contributed by atoms with Crippen LogP contribution >= 0.6 is 0 Å². The predicted molar refractivity (Wildman–Crippen MR) is 111 cm³/mol. The normalized spacial score (nSPS) is 14.7. The van der Waals surface area contributed by atoms with Crippen molar-refractivity contribution in [1.29, 1.82) is 0 Å². The highest BCUT2D eigenvalue weighted by atomic mass is 32.2. The maximum atomic E-state index is 12.9. The molecule has 1 aliphatic rings. The summed E-state index contributed by atoms with van der Waals surface area (Å²) < 4.78 is 27.0. The van der Waals surface area contributed by atoms with Crippen LogP contribution in [-0.4, -0.2) is 61.9 Å². The molecule has 0 saturated carbocycles. The van der Waals surface area contributed by atoms with Gasteiger partial charge in [-0.3, -0.25) is 4.79 Å². The summed E-state index contributed by atoms with van der Waals surface area (Å²) in [7, 11) is -3.68. The van der Waals surface area contributed by atoms with Gasteiger partial charge in [0.2, 0.25) is 16.0 Å². The first-order chi connectivity index (χ1) is 13.8. The van der Waals surface area contributed by atoms with Gasteiger partial charge in [-0.25, -0.2) is 23.1 Å². The minimum Gasteiger partial charge on any atom is -0.337 e. The van der Waals surface area contributed by atoms with E-state index in [-0.39, 0.29) is 17.3 Å². The third-order valence-electron chi connectivity index (χ3n) is 4.63. The van der Waals surface area contributed by atoms with E-state index in [4.69, 9.17) is 0 Å². The van der Waals surface area contributed by atoms with Crippen molar-refractivity contribution < 1.29 is 13.2 Å². The zero-order chi connectivity index (χ0) is 21.0. The maximum Gasteiger partial charge on any atom is 0.254 e. The third-order valence-corrected chi connectivity index (χ3v) is 6.05. The van der Waals surface area contributed by atoms with E-state index in [1.807, 2.05) is 19.9 Å². The summed E-state index contributed by atoms with van der Waals surface area (Å²) in [5.41, 5.74) is 2.17. The molecule has 1 N–H and O–H groups in total. The fourth-order valence-electron chi connectivity index (χ4n) is 3.19. The van der Waals surface area contributed by atoms with E-state index < -0.39 is 10.0 Å². The van der Waals surface area contributed by atoms with E-state index >= 15 is 0 Å². The van der Waals surface area contributed by atoms with Crippen molar-refractivity contribution in [3.05, 3.63) is 59.9 Å². The monoisotopic (exact) mass is 415 g/mol. The first kappa shape index (κ1) is 20.9. The molecule has 3 rings (SSSR count). The van der Waals surface area contributed by atoms with E-state index in [2.05, 4.69) is 26.2 Å². The predicted octanol–water partition coefficient (Wildman–Crippen LogP) is 1.52. The number of carbonyl (C=O) groups is 1. The van der Waals surface area contributed by atoms with Gasteiger partial charge in [0, 0.05) is 49.7 Å². The molecule has 8 nitrogen and oxygen atoms in total. The number of aryl methyl sites for hydroxylation is 2. The molecule has 0 atom stereocenters. The van der Waals surface area contributed by atoms with Crippen molar-refractivity contribution >= 4 is 21.9 Å². The van der Waals surface area contributed by atoms with Crippen LogP contribution in [0.2, 0.25) is 0 Å². The zero-order valence-corrected chi connectivity index (χ0v) is 17.4. The first-order valence-corrected chi connectivity index (χ1v) is 10.9. The fraction of sp³-hybridized carbons (Fsp3) is 0.350. The summed E-state index contributed by atoms with van der Waals surface area (Å²) >= 11 is 0. The number of sulfonamides is 1. The molecule has 1 aliphatic heterocycles. The van der Waals surface area contributed by atoms with Crippen LogP contribution in [0.3, 0.4) is 0 Å². The van der Waals surface area contributed by atoms with Crippen molar-refractivity contribution in [3.8, 4) is 0 Å². The Kier molecular flexibility index (Phi) is 6.29. The van der Waals surface area contributed by atoms with Gasteiger partial charge in [-0.05, 0) is 38.1 Å². The summed E-state index contributed by atoms with van der Waals surface area (Å²) in [4.78, 5) is 25.7. The lowest BCUT2D eigenvalue weighted by atomic mass is 10.2. The smallest absolute Gasteiger partial charge is 0.254 e. The number of hydrogen-bond donors (Lipinski definition) is 1. The molecule has 2 heterocycles. The molecule has 1 aromatic heterocycles. The van der Waals surface area contributed by atoms with Gasteiger partial charge in [-0.15, -0.1) is 6.58 Å². The second-order valence-corrected chi connectivity index (χ2v) is 8.67. The molecule has 154 valence electrons. The topological polar surface area (TPSA) is 95.5 Å². The Hall–Kier alpha value is -2.78. The van der Waals surface area contributed by atoms with E-state index in [9.17, 15) is 13.2 Å². The van der Waals surface area contributed by atoms with Gasteiger partial charge in [0.25, 0.3) is 5.91 Å². The Morgan fingerprint density at radius 2 is 1.79 bits per heavy atom. The minimum atomic E-state index is -3.68. The van der Waals surface area contributed by atoms with Crippen molar-refractivity contribution in [1.82, 2.24) is 19.6 Å². The average Bonchev–Trinajstić information content (AvgIpc) is 2.71. The van der Waals surface area contributed by atoms with Crippen LogP contribution in [0.25, 0.3) is 0 Å². The number of benzene rings is 1. The Morgan fingerprint density at radius 1 is 1.14 bits per heavy atom. The highest BCUT2D eigenvalue weighted by Crippen LogP contribution is 2.17. The van der Waals surface area contributed by atoms with Crippen molar-refractivity contribution in [2.75, 3.05) is 37.6 Å². The van der Waals surface area contributed by atoms with Gasteiger partial charge in [-0.2, -0.15) is 0 Å². The second kappa shape index (κ2) is 8.71. The lowest BCUT2D eigenvalue weighted by molar-refractivity contribution is 0.0746. The van der Waals surface area contributed by atoms with Crippen LogP contribution in [0.15, 0.2) is 47.9 Å². The Bertz CT molecular complexity index is 994. The van der Waals surface area contributed by atoms with Gasteiger partial charge in [0.15, 0.2) is 0 Å². The van der Waals surface area contributed by atoms with Crippen LogP contribution < -0.4 is 9.62 Å². The molecule has 1 fully saturated rings. The maximum absolute atomic E-state index is 12.9. The summed E-state index contributed by atoms with van der Waals surface area (Å²) in [5.74, 6) is 0.489. The number of hydrogen-bond acceptors (Lipinski definition) is 6. The SMILES string of the molecule is C=CCNS(=O)(=O)c1cccc(C(=O)N2CCN(c3nc(C)cc(C)n3)CC2)c1. The van der Waals surface area contributed by atoms with E-state index in [0.717, 1.165) is 11.4 Å². The van der Waals surface area contributed by atoms with Crippen LogP contribution in [0.4, 0.5) is 5.95 Å². The number of amides is 1. The van der Waals surface area contributed by atoms with Gasteiger partial charge in [-0.1, -0.05) is 12.1 Å². The molecule has 1 aromatic carbocycles. The molecular formula is C20H25N5O3S. The molecule has 9 heteroatoms. The molecule has 1 amide bonds. The summed E-state index contributed by atoms with van der Waals surface area (Å²) in [6.45, 7) is 9.76. The molecule has 0 bridgehead atoms. The number of anilines is 1. The summed E-state index contributed by atoms with van der Waals surface area (Å²) in [6.07, 6.45) is 1.46. The van der Waals surface area contributed by atoms with Crippen LogP contribution in [0.5, 0.6) is 0 Å². The summed E-state index contributed by atoms with van der Waals surface area (Å²) in [5, 5.41) is 0. The van der Waals surface area contributed by atoms with Crippen molar-refractivity contribution in [3.63, 3.8) is 0 Å². The van der Waals surface area contributed by atoms with Gasteiger partial charge in [0.05, 0.1) is 4.90 Å². The molecule has 0 unspecified atom stereocenters. The standard InChI is InChI=1S/C20H25N5O3S/c1-4-8-21-29(27,28)18-7-5-6-17(14-18)19(26)24-9-11-25(12-10-24)20-22-15(2)13-16(3)23-20/h4-7,13-14,21H,1,8-12H2,2-3H3. The van der Waals surface area contributed by atoms with Crippen molar-refractivity contribution in [2.24, 2.45) is 0 Å². The quantitative estimate of drug-likeness (QED) is 0.719. The van der Waals surface area contributed by atoms with E-state index in [0.29, 0.717) is 37.7 Å². The van der Waals surface area contributed by atoms with Crippen LogP contribution in [0.1, 0.15) is 21.7 Å². The number of nitrogens with zero attached hydrogens (tertiary/aromatic N) is 4. The number of piperazine rings is 1. The fourth-order valence-corrected chi connectivity index (χ4v) is 4.23. The Morgan fingerprint density at radius 3 is 2.41 bits per heavy atom. The molecule has 29 heavy (non-hydrogen) atoms. The van der Waals surface area contributed by atoms with E-state index in [1.54, 1.807) is 17.0 Å². The van der Waals surface area contributed by atoms with Crippen LogP contribution in [-0.2, 0) is 10.0 Å². The number of carbonyl (C=O) groups excluding carboxylic acids is 1. The van der Waals surface area contributed by atoms with Gasteiger partial charge < -0.3 is 9.80 Å². The Balaban J connectivity index is 1.69. The number of aromatic nitrogens is 2. The summed E-state index contributed by atoms with van der Waals surface area (Å²) in [6, 6.07) is 8.02. The highest BCUT2D eigenvalue weighted by molar-refractivity contribution is 7.89. The zero-order valence-electron chi connectivity index (χ0n) is 16.6. The van der Waals surface area contributed by atoms with Crippen molar-refractivity contribution in [2.45, 2.75) is 18.7 Å². The third kappa shape index (κ3) is 4.99. The van der Waals surface area contributed by atoms with Gasteiger partial charge >= 0.3 is 0 Å². The Labute approximate surface area is 171 Å². The lowest BCUT2D eigenvalue weighted by Crippen LogP contribution is -2.49. The molecule has 0 aliphatic carbocycles. The van der Waals surface area contributed by atoms with Gasteiger partial charge in [0.1, 0.15) is 0 Å². The average molecular weight is 416 g/mol. The molecular weight excluding hydrogens is 390 g/mol. The number of nitrogens with one attached hydrogen (secondary N) is 1. The molecule has 0 radical (unpaired) electrons. The first-order valence-electron chi connectivity index (χ1n) is 9.37. The van der Waals surface area contributed by atoms with E-state index in [1.165, 1.54) is 18.2 Å². The second-order valence-electron chi connectivity index (χ2n) is 6.90. The highest BCUT2D eigenvalue weighted by Gasteiger charge is 2.25. The molecule has 0 spiro atoms. The molecule has 1 saturated heterocycles. The lowest BCUT2D eigenvalue weighted by Gasteiger charge is -2.35. The number of rotatable bonds is 6. The van der Waals surface area contributed by atoms with Crippen LogP contribution in [0, 0.1) is 13.8 Å². The minimum absolute atomic E-state index is 0.0625.